The third-order valence-corrected chi connectivity index (χ3v) is 2.98. The summed E-state index contributed by atoms with van der Waals surface area (Å²) in [5.74, 6) is 2.64. The van der Waals surface area contributed by atoms with Crippen LogP contribution in [0.3, 0.4) is 0 Å². The number of halogens is 1. The van der Waals surface area contributed by atoms with Crippen LogP contribution in [0.2, 0.25) is 0 Å². The van der Waals surface area contributed by atoms with Crippen molar-refractivity contribution < 1.29 is 4.79 Å². The summed E-state index contributed by atoms with van der Waals surface area (Å²) in [6.07, 6.45) is 7.12. The summed E-state index contributed by atoms with van der Waals surface area (Å²) >= 11 is 3.40. The lowest BCUT2D eigenvalue weighted by molar-refractivity contribution is 0.101. The molecule has 2 nitrogen and oxygen atoms in total. The van der Waals surface area contributed by atoms with Crippen LogP contribution in [0.5, 0.6) is 0 Å². The molecule has 0 fully saturated rings. The third-order valence-electron chi connectivity index (χ3n) is 2.48. The van der Waals surface area contributed by atoms with Gasteiger partial charge in [0.15, 0.2) is 5.78 Å². The predicted octanol–water partition coefficient (Wildman–Crippen LogP) is 3.24. The van der Waals surface area contributed by atoms with E-state index >= 15 is 0 Å². The van der Waals surface area contributed by atoms with E-state index in [9.17, 15) is 4.79 Å². The van der Waals surface area contributed by atoms with Crippen LogP contribution in [0, 0.1) is 12.3 Å². The molecule has 16 heavy (non-hydrogen) atoms. The first-order chi connectivity index (χ1) is 7.63. The third kappa shape index (κ3) is 1.77. The minimum Gasteiger partial charge on any atom is -0.335 e. The summed E-state index contributed by atoms with van der Waals surface area (Å²) in [7, 11) is 0. The Kier molecular flexibility index (Phi) is 2.84. The van der Waals surface area contributed by atoms with Crippen molar-refractivity contribution in [1.29, 1.82) is 0 Å². The molecule has 0 radical (unpaired) electrons. The highest BCUT2D eigenvalue weighted by atomic mass is 79.9. The fraction of sp³-hybridized carbons (Fsp3) is 0.154. The zero-order valence-corrected chi connectivity index (χ0v) is 10.4. The molecule has 0 atom stereocenters. The number of Topliss-reactive ketones (excluding diaryl/α,β-unsaturated/α-hetero) is 1. The Balaban J connectivity index is 2.77. The van der Waals surface area contributed by atoms with E-state index in [1.54, 1.807) is 6.92 Å². The van der Waals surface area contributed by atoms with Crippen molar-refractivity contribution in [2.45, 2.75) is 13.5 Å². The lowest BCUT2D eigenvalue weighted by atomic mass is 10.1. The summed E-state index contributed by atoms with van der Waals surface area (Å²) in [5.41, 5.74) is 1.71. The number of nitrogens with zero attached hydrogens (tertiary/aromatic N) is 1. The predicted molar refractivity (Wildman–Crippen MR) is 68.5 cm³/mol. The Morgan fingerprint density at radius 2 is 2.31 bits per heavy atom. The molecule has 1 aromatic heterocycles. The van der Waals surface area contributed by atoms with Gasteiger partial charge in [-0.1, -0.05) is 21.9 Å². The van der Waals surface area contributed by atoms with Crippen molar-refractivity contribution in [2.75, 3.05) is 0 Å². The van der Waals surface area contributed by atoms with E-state index in [0.29, 0.717) is 12.1 Å². The molecule has 2 rings (SSSR count). The van der Waals surface area contributed by atoms with E-state index in [1.807, 2.05) is 29.0 Å². The number of hydrogen-bond donors (Lipinski definition) is 0. The molecule has 0 aliphatic rings. The molecule has 1 heterocycles. The van der Waals surface area contributed by atoms with Crippen LogP contribution < -0.4 is 0 Å². The van der Waals surface area contributed by atoms with Crippen molar-refractivity contribution in [3.05, 3.63) is 34.4 Å². The molecule has 2 aromatic rings. The molecule has 0 spiro atoms. The summed E-state index contributed by atoms with van der Waals surface area (Å²) in [4.78, 5) is 11.5. The number of terminal acetylenes is 1. The second kappa shape index (κ2) is 4.15. The fourth-order valence-electron chi connectivity index (χ4n) is 1.78. The van der Waals surface area contributed by atoms with Gasteiger partial charge < -0.3 is 4.57 Å². The Morgan fingerprint density at radius 1 is 1.56 bits per heavy atom. The highest BCUT2D eigenvalue weighted by Crippen LogP contribution is 2.25. The highest BCUT2D eigenvalue weighted by Gasteiger charge is 2.11. The van der Waals surface area contributed by atoms with E-state index in [0.717, 1.165) is 15.4 Å². The number of aromatic nitrogens is 1. The lowest BCUT2D eigenvalue weighted by Gasteiger charge is -1.99. The van der Waals surface area contributed by atoms with Crippen LogP contribution in [0.4, 0.5) is 0 Å². The van der Waals surface area contributed by atoms with E-state index < -0.39 is 0 Å². The van der Waals surface area contributed by atoms with E-state index in [2.05, 4.69) is 21.9 Å². The average Bonchev–Trinajstić information content (AvgIpc) is 2.57. The smallest absolute Gasteiger partial charge is 0.161 e. The number of benzene rings is 1. The number of ketones is 1. The Bertz CT molecular complexity index is 604. The second-order valence-corrected chi connectivity index (χ2v) is 4.51. The number of carbonyl (C=O) groups excluding carboxylic acids is 1. The molecule has 0 aliphatic carbocycles. The molecule has 0 unspecified atom stereocenters. The van der Waals surface area contributed by atoms with Crippen molar-refractivity contribution in [3.63, 3.8) is 0 Å². The Morgan fingerprint density at radius 3 is 2.94 bits per heavy atom. The van der Waals surface area contributed by atoms with Crippen molar-refractivity contribution in [3.8, 4) is 12.3 Å². The minimum absolute atomic E-state index is 0.0545. The maximum absolute atomic E-state index is 11.5. The first kappa shape index (κ1) is 11.0. The molecule has 0 N–H and O–H groups in total. The van der Waals surface area contributed by atoms with Gasteiger partial charge >= 0.3 is 0 Å². The van der Waals surface area contributed by atoms with Gasteiger partial charge in [0.25, 0.3) is 0 Å². The van der Waals surface area contributed by atoms with Gasteiger partial charge in [-0.3, -0.25) is 4.79 Å². The topological polar surface area (TPSA) is 22.0 Å². The maximum Gasteiger partial charge on any atom is 0.161 e. The lowest BCUT2D eigenvalue weighted by Crippen LogP contribution is -1.93. The summed E-state index contributed by atoms with van der Waals surface area (Å²) in [6, 6.07) is 5.85. The van der Waals surface area contributed by atoms with Gasteiger partial charge in [-0.25, -0.2) is 0 Å². The van der Waals surface area contributed by atoms with Gasteiger partial charge in [-0.05, 0) is 25.1 Å². The quantitative estimate of drug-likeness (QED) is 0.609. The van der Waals surface area contributed by atoms with Crippen molar-refractivity contribution in [1.82, 2.24) is 4.57 Å². The average molecular weight is 276 g/mol. The number of carbonyl (C=O) groups is 1. The van der Waals surface area contributed by atoms with E-state index in [-0.39, 0.29) is 5.78 Å². The van der Waals surface area contributed by atoms with Crippen LogP contribution in [0.25, 0.3) is 10.9 Å². The Hall–Kier alpha value is -1.53. The number of hydrogen-bond acceptors (Lipinski definition) is 1. The van der Waals surface area contributed by atoms with Crippen molar-refractivity contribution in [2.24, 2.45) is 0 Å². The first-order valence-corrected chi connectivity index (χ1v) is 5.65. The molecule has 0 aliphatic heterocycles. The summed E-state index contributed by atoms with van der Waals surface area (Å²) < 4.78 is 2.87. The van der Waals surface area contributed by atoms with Gasteiger partial charge in [-0.2, -0.15) is 0 Å². The zero-order chi connectivity index (χ0) is 11.7. The van der Waals surface area contributed by atoms with E-state index in [1.165, 1.54) is 0 Å². The monoisotopic (exact) mass is 275 g/mol. The van der Waals surface area contributed by atoms with E-state index in [4.69, 9.17) is 6.42 Å². The SMILES string of the molecule is C#CCn1cc(C(C)=O)c2cc(Br)ccc21. The number of rotatable bonds is 2. The first-order valence-electron chi connectivity index (χ1n) is 4.86. The summed E-state index contributed by atoms with van der Waals surface area (Å²) in [5, 5.41) is 0.942. The summed E-state index contributed by atoms with van der Waals surface area (Å²) in [6.45, 7) is 2.04. The van der Waals surface area contributed by atoms with Crippen LogP contribution in [0.15, 0.2) is 28.9 Å². The number of fused-ring (bicyclic) bond motifs is 1. The minimum atomic E-state index is 0.0545. The zero-order valence-electron chi connectivity index (χ0n) is 8.83. The molecule has 0 amide bonds. The largest absolute Gasteiger partial charge is 0.335 e. The molecular weight excluding hydrogens is 266 g/mol. The normalized spacial score (nSPS) is 10.3. The van der Waals surface area contributed by atoms with Crippen LogP contribution in [-0.2, 0) is 6.54 Å². The van der Waals surface area contributed by atoms with Crippen LogP contribution in [0.1, 0.15) is 17.3 Å². The molecule has 80 valence electrons. The Labute approximate surface area is 102 Å². The molecule has 0 saturated carbocycles. The molecule has 0 bridgehead atoms. The van der Waals surface area contributed by atoms with Crippen LogP contribution in [-0.4, -0.2) is 10.4 Å². The van der Waals surface area contributed by atoms with Gasteiger partial charge in [0.1, 0.15) is 0 Å². The molecule has 1 aromatic carbocycles. The molecule has 0 saturated heterocycles. The van der Waals surface area contributed by atoms with Gasteiger partial charge in [-0.15, -0.1) is 6.42 Å². The highest BCUT2D eigenvalue weighted by molar-refractivity contribution is 9.10. The molecular formula is C13H10BrNO. The van der Waals surface area contributed by atoms with Crippen LogP contribution >= 0.6 is 15.9 Å². The molecule has 3 heteroatoms. The second-order valence-electron chi connectivity index (χ2n) is 3.59. The van der Waals surface area contributed by atoms with Crippen molar-refractivity contribution >= 4 is 32.6 Å². The van der Waals surface area contributed by atoms with Gasteiger partial charge in [0, 0.05) is 27.1 Å². The fourth-order valence-corrected chi connectivity index (χ4v) is 2.14. The maximum atomic E-state index is 11.5. The van der Waals surface area contributed by atoms with Gasteiger partial charge in [0.05, 0.1) is 6.54 Å². The van der Waals surface area contributed by atoms with Gasteiger partial charge in [0.2, 0.25) is 0 Å². The standard InChI is InChI=1S/C13H10BrNO/c1-3-6-15-8-12(9(2)16)11-7-10(14)4-5-13(11)15/h1,4-5,7-8H,6H2,2H3.